The molecule has 0 unspecified atom stereocenters. The summed E-state index contributed by atoms with van der Waals surface area (Å²) in [7, 11) is 0. The fourth-order valence-corrected chi connectivity index (χ4v) is 3.07. The van der Waals surface area contributed by atoms with E-state index in [-0.39, 0.29) is 5.91 Å². The summed E-state index contributed by atoms with van der Waals surface area (Å²) in [6.45, 7) is 5.48. The molecule has 16 heavy (non-hydrogen) atoms. The highest BCUT2D eigenvalue weighted by molar-refractivity contribution is 9.09. The van der Waals surface area contributed by atoms with E-state index in [0.717, 1.165) is 30.4 Å². The fourth-order valence-electron chi connectivity index (χ4n) is 1.40. The number of hydrogen-bond donors (Lipinski definition) is 0. The first-order valence-corrected chi connectivity index (χ1v) is 7.58. The Labute approximate surface area is 114 Å². The molecule has 1 heterocycles. The molecule has 0 aromatic carbocycles. The van der Waals surface area contributed by atoms with Crippen LogP contribution in [0.2, 0.25) is 5.02 Å². The van der Waals surface area contributed by atoms with Crippen molar-refractivity contribution in [3.63, 3.8) is 0 Å². The van der Waals surface area contributed by atoms with E-state index >= 15 is 0 Å². The van der Waals surface area contributed by atoms with Crippen LogP contribution in [0.3, 0.4) is 0 Å². The minimum absolute atomic E-state index is 0.0457. The van der Waals surface area contributed by atoms with E-state index in [0.29, 0.717) is 9.90 Å². The van der Waals surface area contributed by atoms with Gasteiger partial charge in [0.25, 0.3) is 5.91 Å². The lowest BCUT2D eigenvalue weighted by atomic mass is 10.3. The molecule has 0 bridgehead atoms. The lowest BCUT2D eigenvalue weighted by Gasteiger charge is -2.20. The van der Waals surface area contributed by atoms with Gasteiger partial charge < -0.3 is 4.90 Å². The molecule has 0 saturated heterocycles. The highest BCUT2D eigenvalue weighted by Crippen LogP contribution is 2.28. The SMILES string of the molecule is CCCN(CCBr)C(=O)c1scc(C)c1Cl. The van der Waals surface area contributed by atoms with Crippen LogP contribution in [0.1, 0.15) is 28.6 Å². The third-order valence-corrected chi connectivity index (χ3v) is 4.27. The molecule has 5 heteroatoms. The lowest BCUT2D eigenvalue weighted by Crippen LogP contribution is -2.33. The molecule has 1 rings (SSSR count). The Bertz CT molecular complexity index is 361. The molecule has 0 atom stereocenters. The van der Waals surface area contributed by atoms with Crippen LogP contribution in [0.4, 0.5) is 0 Å². The van der Waals surface area contributed by atoms with Gasteiger partial charge >= 0.3 is 0 Å². The van der Waals surface area contributed by atoms with Gasteiger partial charge in [-0.3, -0.25) is 4.79 Å². The Balaban J connectivity index is 2.85. The fraction of sp³-hybridized carbons (Fsp3) is 0.545. The molecule has 0 saturated carbocycles. The first-order chi connectivity index (χ1) is 7.61. The van der Waals surface area contributed by atoms with Crippen LogP contribution < -0.4 is 0 Å². The van der Waals surface area contributed by atoms with Gasteiger partial charge in [-0.15, -0.1) is 11.3 Å². The van der Waals surface area contributed by atoms with Gasteiger partial charge in [-0.2, -0.15) is 0 Å². The molecule has 0 spiro atoms. The van der Waals surface area contributed by atoms with Crippen LogP contribution in [-0.2, 0) is 0 Å². The Morgan fingerprint density at radius 1 is 1.56 bits per heavy atom. The van der Waals surface area contributed by atoms with Crippen molar-refractivity contribution >= 4 is 44.8 Å². The maximum atomic E-state index is 12.2. The summed E-state index contributed by atoms with van der Waals surface area (Å²) < 4.78 is 0. The molecule has 0 fully saturated rings. The second-order valence-electron chi connectivity index (χ2n) is 3.54. The maximum absolute atomic E-state index is 12.2. The van der Waals surface area contributed by atoms with E-state index in [4.69, 9.17) is 11.6 Å². The van der Waals surface area contributed by atoms with Crippen molar-refractivity contribution in [3.05, 3.63) is 20.8 Å². The minimum atomic E-state index is 0.0457. The minimum Gasteiger partial charge on any atom is -0.337 e. The quantitative estimate of drug-likeness (QED) is 0.751. The number of hydrogen-bond acceptors (Lipinski definition) is 2. The van der Waals surface area contributed by atoms with Crippen molar-refractivity contribution in [3.8, 4) is 0 Å². The lowest BCUT2D eigenvalue weighted by molar-refractivity contribution is 0.0771. The second kappa shape index (κ2) is 6.62. The highest BCUT2D eigenvalue weighted by Gasteiger charge is 2.19. The van der Waals surface area contributed by atoms with Gasteiger partial charge in [-0.05, 0) is 24.3 Å². The molecular formula is C11H15BrClNOS. The van der Waals surface area contributed by atoms with E-state index in [9.17, 15) is 4.79 Å². The summed E-state index contributed by atoms with van der Waals surface area (Å²) in [4.78, 5) is 14.7. The Hall–Kier alpha value is -0.0600. The molecule has 0 aliphatic rings. The summed E-state index contributed by atoms with van der Waals surface area (Å²) in [5, 5.41) is 3.32. The number of alkyl halides is 1. The topological polar surface area (TPSA) is 20.3 Å². The second-order valence-corrected chi connectivity index (χ2v) is 5.59. The van der Waals surface area contributed by atoms with Gasteiger partial charge in [-0.25, -0.2) is 0 Å². The first kappa shape index (κ1) is 14.0. The molecular weight excluding hydrogens is 310 g/mol. The number of carbonyl (C=O) groups is 1. The zero-order valence-electron chi connectivity index (χ0n) is 9.43. The average molecular weight is 325 g/mol. The predicted molar refractivity (Wildman–Crippen MR) is 74.1 cm³/mol. The molecule has 1 aromatic heterocycles. The summed E-state index contributed by atoms with van der Waals surface area (Å²) in [5.41, 5.74) is 0.977. The molecule has 2 nitrogen and oxygen atoms in total. The zero-order valence-corrected chi connectivity index (χ0v) is 12.6. The normalized spacial score (nSPS) is 10.5. The monoisotopic (exact) mass is 323 g/mol. The van der Waals surface area contributed by atoms with E-state index in [1.54, 1.807) is 0 Å². The van der Waals surface area contributed by atoms with Crippen LogP contribution in [0, 0.1) is 6.92 Å². The van der Waals surface area contributed by atoms with E-state index in [1.165, 1.54) is 11.3 Å². The molecule has 90 valence electrons. The van der Waals surface area contributed by atoms with Gasteiger partial charge in [-0.1, -0.05) is 34.5 Å². The van der Waals surface area contributed by atoms with Gasteiger partial charge in [0.1, 0.15) is 4.88 Å². The van der Waals surface area contributed by atoms with Gasteiger partial charge in [0.15, 0.2) is 0 Å². The maximum Gasteiger partial charge on any atom is 0.265 e. The number of carbonyl (C=O) groups excluding carboxylic acids is 1. The number of halogens is 2. The third kappa shape index (κ3) is 3.22. The summed E-state index contributed by atoms with van der Waals surface area (Å²) in [5.74, 6) is 0.0457. The van der Waals surface area contributed by atoms with Crippen LogP contribution in [0.25, 0.3) is 0 Å². The summed E-state index contributed by atoms with van der Waals surface area (Å²) >= 11 is 10.9. The van der Waals surface area contributed by atoms with Crippen molar-refractivity contribution in [2.24, 2.45) is 0 Å². The Kier molecular flexibility index (Phi) is 5.79. The largest absolute Gasteiger partial charge is 0.337 e. The molecule has 0 aliphatic carbocycles. The van der Waals surface area contributed by atoms with Crippen LogP contribution in [-0.4, -0.2) is 29.2 Å². The number of thiophene rings is 1. The van der Waals surface area contributed by atoms with Crippen molar-refractivity contribution in [1.29, 1.82) is 0 Å². The molecule has 0 aliphatic heterocycles. The Morgan fingerprint density at radius 2 is 2.25 bits per heavy atom. The summed E-state index contributed by atoms with van der Waals surface area (Å²) in [6.07, 6.45) is 0.959. The number of rotatable bonds is 5. The molecule has 0 radical (unpaired) electrons. The van der Waals surface area contributed by atoms with Crippen molar-refractivity contribution in [2.75, 3.05) is 18.4 Å². The van der Waals surface area contributed by atoms with Crippen molar-refractivity contribution < 1.29 is 4.79 Å². The summed E-state index contributed by atoms with van der Waals surface area (Å²) in [6, 6.07) is 0. The number of amides is 1. The number of aryl methyl sites for hydroxylation is 1. The first-order valence-electron chi connectivity index (χ1n) is 5.20. The Morgan fingerprint density at radius 3 is 2.69 bits per heavy atom. The molecule has 0 N–H and O–H groups in total. The van der Waals surface area contributed by atoms with Crippen LogP contribution in [0.5, 0.6) is 0 Å². The standard InChI is InChI=1S/C11H15BrClNOS/c1-3-5-14(6-4-12)11(15)10-9(13)8(2)7-16-10/h7H,3-6H2,1-2H3. The van der Waals surface area contributed by atoms with Gasteiger partial charge in [0, 0.05) is 18.4 Å². The number of nitrogens with zero attached hydrogens (tertiary/aromatic N) is 1. The van der Waals surface area contributed by atoms with Crippen LogP contribution >= 0.6 is 38.9 Å². The third-order valence-electron chi connectivity index (χ3n) is 2.23. The van der Waals surface area contributed by atoms with E-state index in [2.05, 4.69) is 22.9 Å². The molecule has 1 amide bonds. The van der Waals surface area contributed by atoms with E-state index < -0.39 is 0 Å². The van der Waals surface area contributed by atoms with E-state index in [1.807, 2.05) is 17.2 Å². The van der Waals surface area contributed by atoms with Crippen molar-refractivity contribution in [1.82, 2.24) is 4.90 Å². The average Bonchev–Trinajstić information content (AvgIpc) is 2.59. The predicted octanol–water partition coefficient (Wildman–Crippen LogP) is 3.96. The van der Waals surface area contributed by atoms with Gasteiger partial charge in [0.05, 0.1) is 5.02 Å². The van der Waals surface area contributed by atoms with Crippen molar-refractivity contribution in [2.45, 2.75) is 20.3 Å². The van der Waals surface area contributed by atoms with Crippen LogP contribution in [0.15, 0.2) is 5.38 Å². The highest BCUT2D eigenvalue weighted by atomic mass is 79.9. The van der Waals surface area contributed by atoms with Gasteiger partial charge in [0.2, 0.25) is 0 Å². The smallest absolute Gasteiger partial charge is 0.265 e. The molecule has 1 aromatic rings. The zero-order chi connectivity index (χ0) is 12.1.